The number of nitrogens with one attached hydrogen (secondary N) is 1. The molecule has 4 heteroatoms. The fourth-order valence-corrected chi connectivity index (χ4v) is 2.76. The van der Waals surface area contributed by atoms with Gasteiger partial charge in [-0.1, -0.05) is 17.7 Å². The Morgan fingerprint density at radius 1 is 1.67 bits per heavy atom. The summed E-state index contributed by atoms with van der Waals surface area (Å²) in [6, 6.07) is 1.66. The summed E-state index contributed by atoms with van der Waals surface area (Å²) >= 11 is 6.21. The molecule has 1 aliphatic heterocycles. The zero-order chi connectivity index (χ0) is 10.8. The molecule has 3 nitrogen and oxygen atoms in total. The third-order valence-corrected chi connectivity index (χ3v) is 3.54. The molecule has 0 aromatic carbocycles. The van der Waals surface area contributed by atoms with Crippen molar-refractivity contribution in [3.63, 3.8) is 0 Å². The van der Waals surface area contributed by atoms with E-state index < -0.39 is 6.04 Å². The van der Waals surface area contributed by atoms with Crippen LogP contribution in [0.1, 0.15) is 12.8 Å². The van der Waals surface area contributed by atoms with Gasteiger partial charge in [-0.05, 0) is 24.6 Å². The molecule has 3 atom stereocenters. The first-order chi connectivity index (χ1) is 7.24. The molecule has 0 saturated heterocycles. The van der Waals surface area contributed by atoms with Gasteiger partial charge in [-0.2, -0.15) is 5.26 Å². The number of hydrogen-bond acceptors (Lipinski definition) is 3. The second-order valence-electron chi connectivity index (χ2n) is 4.05. The first-order valence-electron chi connectivity index (χ1n) is 5.17. The molecule has 0 saturated carbocycles. The van der Waals surface area contributed by atoms with E-state index in [1.807, 2.05) is 12.3 Å². The largest absolute Gasteiger partial charge is 0.390 e. The van der Waals surface area contributed by atoms with Crippen LogP contribution in [0.2, 0.25) is 0 Å². The molecule has 2 aliphatic rings. The van der Waals surface area contributed by atoms with Crippen LogP contribution in [0.3, 0.4) is 0 Å². The summed E-state index contributed by atoms with van der Waals surface area (Å²) in [5, 5.41) is 12.9. The highest BCUT2D eigenvalue weighted by atomic mass is 35.5. The van der Waals surface area contributed by atoms with Crippen molar-refractivity contribution in [3.8, 4) is 6.07 Å². The summed E-state index contributed by atoms with van der Waals surface area (Å²) in [5.74, 6) is 0.260. The van der Waals surface area contributed by atoms with Crippen LogP contribution in [-0.4, -0.2) is 12.6 Å². The predicted molar refractivity (Wildman–Crippen MR) is 59.8 cm³/mol. The molecule has 0 fully saturated rings. The van der Waals surface area contributed by atoms with Crippen LogP contribution in [0.25, 0.3) is 0 Å². The highest BCUT2D eigenvalue weighted by molar-refractivity contribution is 6.30. The number of nitriles is 1. The summed E-state index contributed by atoms with van der Waals surface area (Å²) in [6.45, 7) is 0.729. The van der Waals surface area contributed by atoms with Gasteiger partial charge in [0.25, 0.3) is 0 Å². The number of fused-ring (bicyclic) bond motifs is 1. The SMILES string of the molecule is N#CC(N)C1CNC=C2CCC=C(Cl)C21. The van der Waals surface area contributed by atoms with E-state index in [-0.39, 0.29) is 11.8 Å². The molecule has 80 valence electrons. The van der Waals surface area contributed by atoms with Crippen LogP contribution in [0.15, 0.2) is 22.9 Å². The Labute approximate surface area is 94.6 Å². The van der Waals surface area contributed by atoms with Gasteiger partial charge in [0.05, 0.1) is 12.1 Å². The first-order valence-corrected chi connectivity index (χ1v) is 5.55. The summed E-state index contributed by atoms with van der Waals surface area (Å²) in [5.41, 5.74) is 7.08. The van der Waals surface area contributed by atoms with Crippen LogP contribution in [0.4, 0.5) is 0 Å². The van der Waals surface area contributed by atoms with Gasteiger partial charge >= 0.3 is 0 Å². The summed E-state index contributed by atoms with van der Waals surface area (Å²) < 4.78 is 0. The summed E-state index contributed by atoms with van der Waals surface area (Å²) in [6.07, 6.45) is 6.08. The number of nitrogens with zero attached hydrogens (tertiary/aromatic N) is 1. The molecule has 0 aromatic rings. The molecular weight excluding hydrogens is 210 g/mol. The van der Waals surface area contributed by atoms with E-state index in [9.17, 15) is 0 Å². The van der Waals surface area contributed by atoms with Crippen molar-refractivity contribution in [2.24, 2.45) is 17.6 Å². The van der Waals surface area contributed by atoms with Gasteiger partial charge in [0.1, 0.15) is 0 Å². The normalized spacial score (nSPS) is 31.5. The monoisotopic (exact) mass is 223 g/mol. The average Bonchev–Trinajstić information content (AvgIpc) is 2.28. The third kappa shape index (κ3) is 1.88. The molecule has 2 rings (SSSR count). The Morgan fingerprint density at radius 2 is 2.47 bits per heavy atom. The minimum atomic E-state index is -0.452. The maximum atomic E-state index is 8.88. The highest BCUT2D eigenvalue weighted by Crippen LogP contribution is 2.39. The van der Waals surface area contributed by atoms with E-state index in [0.29, 0.717) is 0 Å². The van der Waals surface area contributed by atoms with Crippen LogP contribution in [-0.2, 0) is 0 Å². The van der Waals surface area contributed by atoms with Crippen molar-refractivity contribution in [3.05, 3.63) is 22.9 Å². The van der Waals surface area contributed by atoms with Gasteiger partial charge in [-0.3, -0.25) is 0 Å². The van der Waals surface area contributed by atoms with Crippen molar-refractivity contribution < 1.29 is 0 Å². The zero-order valence-corrected chi connectivity index (χ0v) is 9.17. The van der Waals surface area contributed by atoms with Crippen molar-refractivity contribution in [2.45, 2.75) is 18.9 Å². The average molecular weight is 224 g/mol. The topological polar surface area (TPSA) is 61.8 Å². The Hall–Kier alpha value is -0.980. The molecule has 0 bridgehead atoms. The number of hydrogen-bond donors (Lipinski definition) is 2. The lowest BCUT2D eigenvalue weighted by Crippen LogP contribution is -2.44. The Kier molecular flexibility index (Phi) is 2.99. The molecule has 15 heavy (non-hydrogen) atoms. The van der Waals surface area contributed by atoms with E-state index in [2.05, 4.69) is 11.4 Å². The standard InChI is InChI=1S/C11H14ClN3/c12-9-3-1-2-7-5-15-6-8(11(7)9)10(14)4-13/h3,5,8,10-11,15H,1-2,6,14H2. The van der Waals surface area contributed by atoms with Crippen LogP contribution >= 0.6 is 11.6 Å². The fourth-order valence-electron chi connectivity index (χ4n) is 2.35. The molecule has 0 aromatic heterocycles. The van der Waals surface area contributed by atoms with Gasteiger partial charge in [-0.25, -0.2) is 0 Å². The van der Waals surface area contributed by atoms with E-state index in [4.69, 9.17) is 22.6 Å². The van der Waals surface area contributed by atoms with Gasteiger partial charge in [0, 0.05) is 23.4 Å². The number of nitrogens with two attached hydrogens (primary N) is 1. The maximum absolute atomic E-state index is 8.88. The van der Waals surface area contributed by atoms with E-state index in [1.165, 1.54) is 5.57 Å². The number of allylic oxidation sites excluding steroid dienone is 3. The van der Waals surface area contributed by atoms with Crippen LogP contribution in [0.5, 0.6) is 0 Å². The van der Waals surface area contributed by atoms with E-state index >= 15 is 0 Å². The number of rotatable bonds is 1. The lowest BCUT2D eigenvalue weighted by atomic mass is 9.76. The zero-order valence-electron chi connectivity index (χ0n) is 8.41. The van der Waals surface area contributed by atoms with Crippen LogP contribution < -0.4 is 11.1 Å². The molecule has 3 N–H and O–H groups in total. The Balaban J connectivity index is 2.29. The fraction of sp³-hybridized carbons (Fsp3) is 0.545. The van der Waals surface area contributed by atoms with Crippen molar-refractivity contribution in [1.82, 2.24) is 5.32 Å². The second kappa shape index (κ2) is 4.26. The minimum Gasteiger partial charge on any atom is -0.390 e. The van der Waals surface area contributed by atoms with Gasteiger partial charge in [0.15, 0.2) is 0 Å². The van der Waals surface area contributed by atoms with Crippen molar-refractivity contribution in [2.75, 3.05) is 6.54 Å². The molecule has 0 amide bonds. The van der Waals surface area contributed by atoms with Gasteiger partial charge in [0.2, 0.25) is 0 Å². The van der Waals surface area contributed by atoms with E-state index in [1.54, 1.807) is 0 Å². The number of halogens is 1. The molecule has 1 heterocycles. The Morgan fingerprint density at radius 3 is 3.20 bits per heavy atom. The summed E-state index contributed by atoms with van der Waals surface area (Å²) in [7, 11) is 0. The molecular formula is C11H14ClN3. The molecule has 3 unspecified atom stereocenters. The quantitative estimate of drug-likeness (QED) is 0.708. The first kappa shape index (κ1) is 10.5. The van der Waals surface area contributed by atoms with Crippen LogP contribution in [0, 0.1) is 23.2 Å². The van der Waals surface area contributed by atoms with E-state index in [0.717, 1.165) is 24.4 Å². The Bertz CT molecular complexity index is 353. The van der Waals surface area contributed by atoms with Crippen molar-refractivity contribution >= 4 is 11.6 Å². The lowest BCUT2D eigenvalue weighted by molar-refractivity contribution is 0.356. The third-order valence-electron chi connectivity index (χ3n) is 3.15. The molecule has 0 radical (unpaired) electrons. The lowest BCUT2D eigenvalue weighted by Gasteiger charge is -2.36. The maximum Gasteiger partial charge on any atom is 0.0982 e. The van der Waals surface area contributed by atoms with Gasteiger partial charge < -0.3 is 11.1 Å². The second-order valence-corrected chi connectivity index (χ2v) is 4.49. The van der Waals surface area contributed by atoms with Crippen molar-refractivity contribution in [1.29, 1.82) is 5.26 Å². The molecule has 0 spiro atoms. The van der Waals surface area contributed by atoms with Gasteiger partial charge in [-0.15, -0.1) is 0 Å². The highest BCUT2D eigenvalue weighted by Gasteiger charge is 2.35. The smallest absolute Gasteiger partial charge is 0.0982 e. The predicted octanol–water partition coefficient (Wildman–Crippen LogP) is 1.47. The minimum absolute atomic E-state index is 0.0963. The molecule has 1 aliphatic carbocycles. The summed E-state index contributed by atoms with van der Waals surface area (Å²) in [4.78, 5) is 0.